The molecular formula is C15H18N2O2. The third-order valence-electron chi connectivity index (χ3n) is 3.04. The lowest BCUT2D eigenvalue weighted by Gasteiger charge is -2.14. The van der Waals surface area contributed by atoms with Crippen LogP contribution in [0.5, 0.6) is 5.75 Å². The van der Waals surface area contributed by atoms with Crippen molar-refractivity contribution in [3.63, 3.8) is 0 Å². The number of carbonyl (C=O) groups is 1. The van der Waals surface area contributed by atoms with Crippen LogP contribution in [0.3, 0.4) is 0 Å². The van der Waals surface area contributed by atoms with E-state index in [1.165, 1.54) is 0 Å². The molecule has 0 spiro atoms. The van der Waals surface area contributed by atoms with Crippen molar-refractivity contribution in [2.45, 2.75) is 26.8 Å². The monoisotopic (exact) mass is 258 g/mol. The summed E-state index contributed by atoms with van der Waals surface area (Å²) in [7, 11) is 1.59. The lowest BCUT2D eigenvalue weighted by molar-refractivity contribution is 0.101. The highest BCUT2D eigenvalue weighted by molar-refractivity contribution is 6.00. The number of Topliss-reactive ketones (excluding diaryl/α,β-unsaturated/α-hetero) is 1. The summed E-state index contributed by atoms with van der Waals surface area (Å²) >= 11 is 0. The Kier molecular flexibility index (Phi) is 3.69. The molecule has 2 aromatic rings. The smallest absolute Gasteiger partial charge is 0.160 e. The van der Waals surface area contributed by atoms with Crippen LogP contribution in [0.1, 0.15) is 37.2 Å². The zero-order valence-corrected chi connectivity index (χ0v) is 11.7. The van der Waals surface area contributed by atoms with E-state index in [9.17, 15) is 4.79 Å². The number of benzene rings is 1. The molecule has 2 rings (SSSR count). The van der Waals surface area contributed by atoms with Crippen molar-refractivity contribution in [3.8, 4) is 17.0 Å². The van der Waals surface area contributed by atoms with Gasteiger partial charge in [-0.05, 0) is 45.0 Å². The number of hydrogen-bond donors (Lipinski definition) is 0. The Morgan fingerprint density at radius 2 is 2.05 bits per heavy atom. The van der Waals surface area contributed by atoms with Crippen molar-refractivity contribution in [3.05, 3.63) is 36.0 Å². The standard InChI is InChI=1S/C15H18N2O2/c1-10(2)17-15(7-8-16-17)13-6-5-12(19-4)9-14(13)11(3)18/h5-10H,1-4H3. The molecule has 19 heavy (non-hydrogen) atoms. The Bertz CT molecular complexity index is 600. The second-order valence-corrected chi connectivity index (χ2v) is 4.72. The van der Waals surface area contributed by atoms with Crippen LogP contribution in [-0.4, -0.2) is 22.7 Å². The molecule has 0 aliphatic rings. The van der Waals surface area contributed by atoms with E-state index in [2.05, 4.69) is 18.9 Å². The van der Waals surface area contributed by atoms with E-state index in [1.807, 2.05) is 22.9 Å². The van der Waals surface area contributed by atoms with Gasteiger partial charge in [-0.25, -0.2) is 0 Å². The van der Waals surface area contributed by atoms with Gasteiger partial charge in [0.25, 0.3) is 0 Å². The van der Waals surface area contributed by atoms with Crippen molar-refractivity contribution >= 4 is 5.78 Å². The number of carbonyl (C=O) groups excluding carboxylic acids is 1. The van der Waals surface area contributed by atoms with Crippen molar-refractivity contribution < 1.29 is 9.53 Å². The van der Waals surface area contributed by atoms with Gasteiger partial charge >= 0.3 is 0 Å². The highest BCUT2D eigenvalue weighted by atomic mass is 16.5. The largest absolute Gasteiger partial charge is 0.497 e. The third kappa shape index (κ3) is 2.52. The van der Waals surface area contributed by atoms with Crippen LogP contribution in [0.25, 0.3) is 11.3 Å². The minimum Gasteiger partial charge on any atom is -0.497 e. The van der Waals surface area contributed by atoms with Crippen molar-refractivity contribution in [2.24, 2.45) is 0 Å². The molecule has 0 radical (unpaired) electrons. The summed E-state index contributed by atoms with van der Waals surface area (Å²) in [5.74, 6) is 0.704. The first-order chi connectivity index (χ1) is 9.04. The molecule has 0 bridgehead atoms. The normalized spacial score (nSPS) is 10.8. The van der Waals surface area contributed by atoms with Gasteiger partial charge in [0, 0.05) is 23.4 Å². The van der Waals surface area contributed by atoms with Gasteiger partial charge in [-0.15, -0.1) is 0 Å². The molecule has 0 aliphatic heterocycles. The molecule has 0 amide bonds. The third-order valence-corrected chi connectivity index (χ3v) is 3.04. The van der Waals surface area contributed by atoms with Crippen molar-refractivity contribution in [1.82, 2.24) is 9.78 Å². The first-order valence-corrected chi connectivity index (χ1v) is 6.27. The van der Waals surface area contributed by atoms with Crippen molar-refractivity contribution in [1.29, 1.82) is 0 Å². The molecule has 1 aromatic carbocycles. The van der Waals surface area contributed by atoms with E-state index < -0.39 is 0 Å². The number of rotatable bonds is 4. The molecule has 0 atom stereocenters. The molecule has 4 nitrogen and oxygen atoms in total. The van der Waals surface area contributed by atoms with Crippen LogP contribution in [0.15, 0.2) is 30.5 Å². The van der Waals surface area contributed by atoms with Crippen LogP contribution in [0, 0.1) is 0 Å². The minimum atomic E-state index is 0.0189. The van der Waals surface area contributed by atoms with Crippen LogP contribution < -0.4 is 4.74 Å². The molecule has 0 aliphatic carbocycles. The maximum atomic E-state index is 11.8. The molecule has 0 saturated heterocycles. The summed E-state index contributed by atoms with van der Waals surface area (Å²) in [4.78, 5) is 11.8. The predicted octanol–water partition coefficient (Wildman–Crippen LogP) is 3.34. The highest BCUT2D eigenvalue weighted by Crippen LogP contribution is 2.29. The number of aromatic nitrogens is 2. The SMILES string of the molecule is COc1ccc(-c2ccnn2C(C)C)c(C(C)=O)c1. The van der Waals surface area contributed by atoms with E-state index in [0.717, 1.165) is 11.3 Å². The number of hydrogen-bond acceptors (Lipinski definition) is 3. The molecule has 0 N–H and O–H groups in total. The lowest BCUT2D eigenvalue weighted by atomic mass is 10.0. The van der Waals surface area contributed by atoms with Gasteiger partial charge in [-0.1, -0.05) is 0 Å². The van der Waals surface area contributed by atoms with Crippen LogP contribution in [0.4, 0.5) is 0 Å². The minimum absolute atomic E-state index is 0.0189. The summed E-state index contributed by atoms with van der Waals surface area (Å²) in [6.45, 7) is 5.69. The highest BCUT2D eigenvalue weighted by Gasteiger charge is 2.15. The molecule has 0 fully saturated rings. The maximum absolute atomic E-state index is 11.8. The topological polar surface area (TPSA) is 44.1 Å². The van der Waals surface area contributed by atoms with Gasteiger partial charge in [-0.3, -0.25) is 9.48 Å². The van der Waals surface area contributed by atoms with Gasteiger partial charge in [0.15, 0.2) is 5.78 Å². The summed E-state index contributed by atoms with van der Waals surface area (Å²) in [5.41, 5.74) is 2.49. The molecule has 0 unspecified atom stereocenters. The summed E-state index contributed by atoms with van der Waals surface area (Å²) in [5, 5.41) is 4.31. The zero-order chi connectivity index (χ0) is 14.0. The van der Waals surface area contributed by atoms with Crippen LogP contribution >= 0.6 is 0 Å². The average molecular weight is 258 g/mol. The fourth-order valence-electron chi connectivity index (χ4n) is 2.10. The molecule has 1 aromatic heterocycles. The summed E-state index contributed by atoms with van der Waals surface area (Å²) in [6, 6.07) is 7.71. The zero-order valence-electron chi connectivity index (χ0n) is 11.7. The fraction of sp³-hybridized carbons (Fsp3) is 0.333. The number of methoxy groups -OCH3 is 1. The van der Waals surface area contributed by atoms with Crippen LogP contribution in [0.2, 0.25) is 0 Å². The fourth-order valence-corrected chi connectivity index (χ4v) is 2.10. The van der Waals surface area contributed by atoms with Crippen LogP contribution in [-0.2, 0) is 0 Å². The first-order valence-electron chi connectivity index (χ1n) is 6.27. The number of ether oxygens (including phenoxy) is 1. The Morgan fingerprint density at radius 3 is 2.63 bits per heavy atom. The summed E-state index contributed by atoms with van der Waals surface area (Å²) < 4.78 is 7.09. The maximum Gasteiger partial charge on any atom is 0.160 e. The van der Waals surface area contributed by atoms with E-state index in [1.54, 1.807) is 26.3 Å². The Morgan fingerprint density at radius 1 is 1.32 bits per heavy atom. The second-order valence-electron chi connectivity index (χ2n) is 4.72. The number of nitrogens with zero attached hydrogens (tertiary/aromatic N) is 2. The molecule has 4 heteroatoms. The lowest BCUT2D eigenvalue weighted by Crippen LogP contribution is -2.07. The average Bonchev–Trinajstić information content (AvgIpc) is 2.87. The Balaban J connectivity index is 2.61. The van der Waals surface area contributed by atoms with Crippen molar-refractivity contribution in [2.75, 3.05) is 7.11 Å². The van der Waals surface area contributed by atoms with Gasteiger partial charge in [0.1, 0.15) is 5.75 Å². The van der Waals surface area contributed by atoms with E-state index >= 15 is 0 Å². The second kappa shape index (κ2) is 5.26. The number of ketones is 1. The van der Waals surface area contributed by atoms with Gasteiger partial charge in [0.2, 0.25) is 0 Å². The van der Waals surface area contributed by atoms with Gasteiger partial charge < -0.3 is 4.74 Å². The predicted molar refractivity (Wildman–Crippen MR) is 74.6 cm³/mol. The van der Waals surface area contributed by atoms with E-state index in [-0.39, 0.29) is 11.8 Å². The first kappa shape index (κ1) is 13.3. The Hall–Kier alpha value is -2.10. The van der Waals surface area contributed by atoms with Gasteiger partial charge in [-0.2, -0.15) is 5.10 Å². The summed E-state index contributed by atoms with van der Waals surface area (Å²) in [6.07, 6.45) is 1.75. The molecular weight excluding hydrogens is 240 g/mol. The van der Waals surface area contributed by atoms with E-state index in [0.29, 0.717) is 11.3 Å². The quantitative estimate of drug-likeness (QED) is 0.790. The van der Waals surface area contributed by atoms with E-state index in [4.69, 9.17) is 4.74 Å². The van der Waals surface area contributed by atoms with Gasteiger partial charge in [0.05, 0.1) is 12.8 Å². The molecule has 0 saturated carbocycles. The Labute approximate surface area is 113 Å². The molecule has 100 valence electrons. The molecule has 1 heterocycles.